The SMILES string of the molecule is CCCCN(CCCC)CCCNCc1cccc(OC)c1OC.Cl.Cl. The molecule has 0 amide bonds. The fourth-order valence-electron chi connectivity index (χ4n) is 2.84. The van der Waals surface area contributed by atoms with Crippen LogP contribution in [0.15, 0.2) is 18.2 Å². The molecule has 0 unspecified atom stereocenters. The summed E-state index contributed by atoms with van der Waals surface area (Å²) in [6.45, 7) is 10.0. The second-order valence-electron chi connectivity index (χ2n) is 6.23. The molecule has 0 aliphatic carbocycles. The lowest BCUT2D eigenvalue weighted by Crippen LogP contribution is -2.29. The molecule has 6 heteroatoms. The summed E-state index contributed by atoms with van der Waals surface area (Å²) in [5.74, 6) is 1.63. The molecular formula is C20H38Cl2N2O2. The number of ether oxygens (including phenoxy) is 2. The van der Waals surface area contributed by atoms with Crippen LogP contribution >= 0.6 is 24.8 Å². The van der Waals surface area contributed by atoms with E-state index in [0.717, 1.165) is 30.2 Å². The first-order chi connectivity index (χ1) is 11.8. The van der Waals surface area contributed by atoms with Crippen molar-refractivity contribution in [2.24, 2.45) is 0 Å². The average Bonchev–Trinajstić information content (AvgIpc) is 2.62. The molecule has 0 atom stereocenters. The Morgan fingerprint density at radius 2 is 1.50 bits per heavy atom. The Morgan fingerprint density at radius 3 is 2.04 bits per heavy atom. The van der Waals surface area contributed by atoms with E-state index in [-0.39, 0.29) is 24.8 Å². The maximum atomic E-state index is 5.48. The molecule has 26 heavy (non-hydrogen) atoms. The van der Waals surface area contributed by atoms with Crippen molar-refractivity contribution in [3.8, 4) is 11.5 Å². The van der Waals surface area contributed by atoms with E-state index in [4.69, 9.17) is 9.47 Å². The summed E-state index contributed by atoms with van der Waals surface area (Å²) >= 11 is 0. The van der Waals surface area contributed by atoms with Crippen molar-refractivity contribution >= 4 is 24.8 Å². The quantitative estimate of drug-likeness (QED) is 0.442. The molecule has 0 saturated carbocycles. The van der Waals surface area contributed by atoms with Crippen LogP contribution in [0.5, 0.6) is 11.5 Å². The summed E-state index contributed by atoms with van der Waals surface area (Å²) in [6.07, 6.45) is 6.34. The minimum atomic E-state index is 0. The van der Waals surface area contributed by atoms with Crippen LogP contribution < -0.4 is 14.8 Å². The molecule has 0 heterocycles. The van der Waals surface area contributed by atoms with Gasteiger partial charge in [0, 0.05) is 12.1 Å². The highest BCUT2D eigenvalue weighted by Gasteiger charge is 2.09. The van der Waals surface area contributed by atoms with Gasteiger partial charge < -0.3 is 19.7 Å². The van der Waals surface area contributed by atoms with Gasteiger partial charge in [-0.2, -0.15) is 0 Å². The zero-order chi connectivity index (χ0) is 17.6. The lowest BCUT2D eigenvalue weighted by atomic mass is 10.2. The number of methoxy groups -OCH3 is 2. The molecular weight excluding hydrogens is 371 g/mol. The lowest BCUT2D eigenvalue weighted by molar-refractivity contribution is 0.261. The van der Waals surface area contributed by atoms with E-state index < -0.39 is 0 Å². The minimum absolute atomic E-state index is 0. The van der Waals surface area contributed by atoms with Gasteiger partial charge in [-0.15, -0.1) is 24.8 Å². The van der Waals surface area contributed by atoms with Crippen LogP contribution in [-0.2, 0) is 6.54 Å². The highest BCUT2D eigenvalue weighted by atomic mass is 35.5. The predicted molar refractivity (Wildman–Crippen MR) is 117 cm³/mol. The zero-order valence-electron chi connectivity index (χ0n) is 16.9. The molecule has 1 rings (SSSR count). The van der Waals surface area contributed by atoms with Gasteiger partial charge in [0.15, 0.2) is 11.5 Å². The maximum Gasteiger partial charge on any atom is 0.165 e. The van der Waals surface area contributed by atoms with Gasteiger partial charge in [0.2, 0.25) is 0 Å². The predicted octanol–water partition coefficient (Wildman–Crippen LogP) is 4.93. The third-order valence-electron chi connectivity index (χ3n) is 4.28. The Balaban J connectivity index is 0. The van der Waals surface area contributed by atoms with Crippen LogP contribution in [0.1, 0.15) is 51.5 Å². The first kappa shape index (κ1) is 27.5. The largest absolute Gasteiger partial charge is 0.493 e. The van der Waals surface area contributed by atoms with Gasteiger partial charge >= 0.3 is 0 Å². The third kappa shape index (κ3) is 10.5. The van der Waals surface area contributed by atoms with Crippen LogP contribution in [0.3, 0.4) is 0 Å². The van der Waals surface area contributed by atoms with E-state index in [0.29, 0.717) is 0 Å². The van der Waals surface area contributed by atoms with Crippen molar-refractivity contribution in [3.63, 3.8) is 0 Å². The van der Waals surface area contributed by atoms with Crippen molar-refractivity contribution in [1.82, 2.24) is 10.2 Å². The molecule has 0 aromatic heterocycles. The molecule has 0 aliphatic heterocycles. The van der Waals surface area contributed by atoms with E-state index in [9.17, 15) is 0 Å². The number of nitrogens with zero attached hydrogens (tertiary/aromatic N) is 1. The van der Waals surface area contributed by atoms with E-state index in [1.165, 1.54) is 51.7 Å². The normalized spacial score (nSPS) is 10.2. The van der Waals surface area contributed by atoms with Crippen LogP contribution in [0.4, 0.5) is 0 Å². The number of hydrogen-bond acceptors (Lipinski definition) is 4. The number of nitrogens with one attached hydrogen (secondary N) is 1. The molecule has 1 aromatic rings. The second-order valence-corrected chi connectivity index (χ2v) is 6.23. The molecule has 1 N–H and O–H groups in total. The maximum absolute atomic E-state index is 5.48. The molecule has 0 saturated heterocycles. The smallest absolute Gasteiger partial charge is 0.165 e. The molecule has 0 spiro atoms. The fraction of sp³-hybridized carbons (Fsp3) is 0.700. The van der Waals surface area contributed by atoms with Gasteiger partial charge in [0.05, 0.1) is 14.2 Å². The molecule has 0 radical (unpaired) electrons. The summed E-state index contributed by atoms with van der Waals surface area (Å²) < 4.78 is 10.8. The monoisotopic (exact) mass is 408 g/mol. The van der Waals surface area contributed by atoms with Crippen molar-refractivity contribution in [1.29, 1.82) is 0 Å². The molecule has 0 bridgehead atoms. The first-order valence-corrected chi connectivity index (χ1v) is 9.39. The van der Waals surface area contributed by atoms with Crippen LogP contribution in [0.25, 0.3) is 0 Å². The number of para-hydroxylation sites is 1. The highest BCUT2D eigenvalue weighted by Crippen LogP contribution is 2.30. The van der Waals surface area contributed by atoms with E-state index in [1.54, 1.807) is 14.2 Å². The lowest BCUT2D eigenvalue weighted by Gasteiger charge is -2.22. The average molecular weight is 409 g/mol. The Bertz CT molecular complexity index is 440. The van der Waals surface area contributed by atoms with E-state index in [2.05, 4.69) is 30.1 Å². The minimum Gasteiger partial charge on any atom is -0.493 e. The van der Waals surface area contributed by atoms with Crippen LogP contribution in [0.2, 0.25) is 0 Å². The number of rotatable bonds is 14. The summed E-state index contributed by atoms with van der Waals surface area (Å²) in [5.41, 5.74) is 1.14. The second kappa shape index (κ2) is 17.7. The van der Waals surface area contributed by atoms with Crippen LogP contribution in [-0.4, -0.2) is 45.3 Å². The van der Waals surface area contributed by atoms with Gasteiger partial charge in [-0.25, -0.2) is 0 Å². The number of benzene rings is 1. The Morgan fingerprint density at radius 1 is 0.885 bits per heavy atom. The van der Waals surface area contributed by atoms with Crippen molar-refractivity contribution < 1.29 is 9.47 Å². The Labute approximate surface area is 172 Å². The van der Waals surface area contributed by atoms with Gasteiger partial charge in [0.25, 0.3) is 0 Å². The van der Waals surface area contributed by atoms with E-state index >= 15 is 0 Å². The van der Waals surface area contributed by atoms with Gasteiger partial charge in [0.1, 0.15) is 0 Å². The Hall–Kier alpha value is -0.680. The number of halogens is 2. The molecule has 154 valence electrons. The van der Waals surface area contributed by atoms with Gasteiger partial charge in [-0.3, -0.25) is 0 Å². The van der Waals surface area contributed by atoms with Crippen molar-refractivity contribution in [2.45, 2.75) is 52.5 Å². The standard InChI is InChI=1S/C20H36N2O2.2ClH/c1-5-7-14-22(15-8-6-2)16-10-13-21-17-18-11-9-12-19(23-3)20(18)24-4;;/h9,11-12,21H,5-8,10,13-17H2,1-4H3;2*1H. The van der Waals surface area contributed by atoms with Gasteiger partial charge in [-0.05, 0) is 51.5 Å². The zero-order valence-corrected chi connectivity index (χ0v) is 18.5. The summed E-state index contributed by atoms with van der Waals surface area (Å²) in [7, 11) is 3.37. The molecule has 4 nitrogen and oxygen atoms in total. The highest BCUT2D eigenvalue weighted by molar-refractivity contribution is 5.85. The molecule has 0 fully saturated rings. The van der Waals surface area contributed by atoms with Gasteiger partial charge in [-0.1, -0.05) is 38.8 Å². The van der Waals surface area contributed by atoms with E-state index in [1.807, 2.05) is 12.1 Å². The Kier molecular flexibility index (Phi) is 18.8. The topological polar surface area (TPSA) is 33.7 Å². The molecule has 1 aromatic carbocycles. The first-order valence-electron chi connectivity index (χ1n) is 9.39. The summed E-state index contributed by atoms with van der Waals surface area (Å²) in [6, 6.07) is 6.03. The third-order valence-corrected chi connectivity index (χ3v) is 4.28. The summed E-state index contributed by atoms with van der Waals surface area (Å²) in [5, 5.41) is 3.53. The summed E-state index contributed by atoms with van der Waals surface area (Å²) in [4.78, 5) is 2.61. The van der Waals surface area contributed by atoms with Crippen LogP contribution in [0, 0.1) is 0 Å². The number of unbranched alkanes of at least 4 members (excludes halogenated alkanes) is 2. The number of hydrogen-bond donors (Lipinski definition) is 1. The molecule has 0 aliphatic rings. The fourth-order valence-corrected chi connectivity index (χ4v) is 2.84. The van der Waals surface area contributed by atoms with Crippen molar-refractivity contribution in [3.05, 3.63) is 23.8 Å². The van der Waals surface area contributed by atoms with Crippen molar-refractivity contribution in [2.75, 3.05) is 40.4 Å².